The monoisotopic (exact) mass is 372 g/mol. The molecule has 1 heterocycles. The van der Waals surface area contributed by atoms with Crippen LogP contribution in [0, 0.1) is 0 Å². The van der Waals surface area contributed by atoms with Gasteiger partial charge in [0, 0.05) is 12.4 Å². The molecule has 1 aromatic carbocycles. The summed E-state index contributed by atoms with van der Waals surface area (Å²) in [5.41, 5.74) is 1.46. The van der Waals surface area contributed by atoms with Crippen molar-refractivity contribution in [1.29, 1.82) is 0 Å². The molecule has 138 valence electrons. The molecule has 0 unspecified atom stereocenters. The minimum absolute atomic E-state index is 1.32. The lowest BCUT2D eigenvalue weighted by Gasteiger charge is -2.36. The van der Waals surface area contributed by atoms with Gasteiger partial charge in [0.15, 0.2) is 0 Å². The second-order valence-corrected chi connectivity index (χ2v) is 17.8. The first-order valence-corrected chi connectivity index (χ1v) is 15.5. The van der Waals surface area contributed by atoms with Crippen LogP contribution in [-0.4, -0.2) is 25.9 Å². The zero-order valence-corrected chi connectivity index (χ0v) is 19.1. The van der Waals surface area contributed by atoms with Gasteiger partial charge in [-0.15, -0.1) is 0 Å². The van der Waals surface area contributed by atoms with Gasteiger partial charge in [-0.3, -0.25) is 0 Å². The lowest BCUT2D eigenvalue weighted by atomic mass is 10.3. The van der Waals surface area contributed by atoms with Crippen LogP contribution in [0.2, 0.25) is 36.3 Å². The Labute approximate surface area is 156 Å². The van der Waals surface area contributed by atoms with Crippen molar-refractivity contribution in [2.24, 2.45) is 0 Å². The minimum atomic E-state index is -1.48. The summed E-state index contributed by atoms with van der Waals surface area (Å²) in [6.07, 6.45) is 4.09. The predicted molar refractivity (Wildman–Crippen MR) is 117 cm³/mol. The second kappa shape index (κ2) is 8.50. The van der Waals surface area contributed by atoms with Crippen molar-refractivity contribution >= 4 is 26.5 Å². The third-order valence-corrected chi connectivity index (χ3v) is 18.2. The Morgan fingerprint density at radius 3 is 1.48 bits per heavy atom. The van der Waals surface area contributed by atoms with Gasteiger partial charge in [-0.05, 0) is 16.4 Å². The fourth-order valence-corrected chi connectivity index (χ4v) is 12.5. The third kappa shape index (κ3) is 3.43. The molecule has 0 radical (unpaired) electrons. The molecule has 0 bridgehead atoms. The number of nitrogens with zero attached hydrogens (tertiary/aromatic N) is 2. The molecule has 4 heteroatoms. The van der Waals surface area contributed by atoms with Crippen LogP contribution < -0.4 is 10.4 Å². The van der Waals surface area contributed by atoms with E-state index >= 15 is 0 Å². The van der Waals surface area contributed by atoms with Gasteiger partial charge < -0.3 is 0 Å². The van der Waals surface area contributed by atoms with E-state index in [-0.39, 0.29) is 0 Å². The van der Waals surface area contributed by atoms with Gasteiger partial charge >= 0.3 is 0 Å². The number of benzene rings is 1. The molecule has 0 atom stereocenters. The highest BCUT2D eigenvalue weighted by Crippen LogP contribution is 2.27. The molecule has 2 aromatic rings. The highest BCUT2D eigenvalue weighted by molar-refractivity contribution is 6.95. The molecule has 2 rings (SSSR count). The molecule has 0 aliphatic rings. The van der Waals surface area contributed by atoms with Gasteiger partial charge in [0.25, 0.3) is 0 Å². The van der Waals surface area contributed by atoms with Crippen LogP contribution in [0.25, 0.3) is 5.69 Å². The Hall–Kier alpha value is -1.14. The maximum Gasteiger partial charge on any atom is 0.0887 e. The van der Waals surface area contributed by atoms with Crippen LogP contribution >= 0.6 is 0 Å². The average Bonchev–Trinajstić information content (AvgIpc) is 3.20. The van der Waals surface area contributed by atoms with Crippen molar-refractivity contribution in [3.8, 4) is 5.69 Å². The summed E-state index contributed by atoms with van der Waals surface area (Å²) < 4.78 is 2.19. The van der Waals surface area contributed by atoms with E-state index in [9.17, 15) is 0 Å². The summed E-state index contributed by atoms with van der Waals surface area (Å²) in [5.74, 6) is 0. The first-order valence-electron chi connectivity index (χ1n) is 10.2. The number of hydrogen-bond donors (Lipinski definition) is 0. The van der Waals surface area contributed by atoms with Crippen molar-refractivity contribution < 1.29 is 0 Å². The van der Waals surface area contributed by atoms with E-state index in [2.05, 4.69) is 76.7 Å². The van der Waals surface area contributed by atoms with Gasteiger partial charge in [0.1, 0.15) is 0 Å². The lowest BCUT2D eigenvalue weighted by Crippen LogP contribution is -2.55. The molecule has 0 aliphatic heterocycles. The molecular formula is C21H36N2Si2. The topological polar surface area (TPSA) is 17.8 Å². The van der Waals surface area contributed by atoms with Crippen LogP contribution in [-0.2, 0) is 0 Å². The summed E-state index contributed by atoms with van der Waals surface area (Å²) in [6.45, 7) is 14.4. The molecule has 0 N–H and O–H groups in total. The fourth-order valence-electron chi connectivity index (χ4n) is 4.69. The van der Waals surface area contributed by atoms with Crippen LogP contribution in [0.4, 0.5) is 0 Å². The Kier molecular flexibility index (Phi) is 6.86. The first-order chi connectivity index (χ1) is 12.1. The summed E-state index contributed by atoms with van der Waals surface area (Å²) in [4.78, 5) is 0. The minimum Gasteiger partial charge on any atom is -0.241 e. The van der Waals surface area contributed by atoms with Crippen LogP contribution in [0.3, 0.4) is 0 Å². The Morgan fingerprint density at radius 1 is 0.720 bits per heavy atom. The molecule has 0 aliphatic carbocycles. The van der Waals surface area contributed by atoms with Crippen molar-refractivity contribution in [1.82, 2.24) is 9.78 Å². The highest BCUT2D eigenvalue weighted by atomic mass is 28.3. The summed E-state index contributed by atoms with van der Waals surface area (Å²) in [7, 11) is -2.96. The quantitative estimate of drug-likeness (QED) is 0.546. The summed E-state index contributed by atoms with van der Waals surface area (Å²) in [5, 5.41) is 8.00. The number of hydrogen-bond acceptors (Lipinski definition) is 1. The SMILES string of the molecule is CC[Si](CC)(CC)c1cccc([Si](CC)(CC)CC)c1-n1cccn1. The van der Waals surface area contributed by atoms with Gasteiger partial charge in [-0.25, -0.2) is 4.68 Å². The van der Waals surface area contributed by atoms with E-state index < -0.39 is 16.1 Å². The van der Waals surface area contributed by atoms with E-state index in [0.717, 1.165) is 0 Å². The Balaban J connectivity index is 2.86. The average molecular weight is 373 g/mol. The molecule has 25 heavy (non-hydrogen) atoms. The maximum absolute atomic E-state index is 4.70. The zero-order chi connectivity index (χ0) is 18.5. The lowest BCUT2D eigenvalue weighted by molar-refractivity contribution is 0.886. The molecule has 0 saturated carbocycles. The molecule has 0 spiro atoms. The Morgan fingerprint density at radius 2 is 1.16 bits per heavy atom. The van der Waals surface area contributed by atoms with E-state index in [0.29, 0.717) is 0 Å². The summed E-state index contributed by atoms with van der Waals surface area (Å²) >= 11 is 0. The number of rotatable bonds is 9. The zero-order valence-electron chi connectivity index (χ0n) is 17.1. The van der Waals surface area contributed by atoms with Crippen LogP contribution in [0.5, 0.6) is 0 Å². The van der Waals surface area contributed by atoms with Gasteiger partial charge in [-0.2, -0.15) is 5.10 Å². The van der Waals surface area contributed by atoms with E-state index in [1.54, 1.807) is 10.4 Å². The highest BCUT2D eigenvalue weighted by Gasteiger charge is 2.37. The number of aromatic nitrogens is 2. The van der Waals surface area contributed by atoms with E-state index in [1.807, 2.05) is 6.20 Å². The molecule has 0 saturated heterocycles. The maximum atomic E-state index is 4.70. The van der Waals surface area contributed by atoms with Crippen molar-refractivity contribution in [3.05, 3.63) is 36.7 Å². The van der Waals surface area contributed by atoms with Crippen molar-refractivity contribution in [3.63, 3.8) is 0 Å². The van der Waals surface area contributed by atoms with Crippen molar-refractivity contribution in [2.45, 2.75) is 77.8 Å². The first kappa shape index (κ1) is 20.2. The third-order valence-electron chi connectivity index (χ3n) is 6.97. The van der Waals surface area contributed by atoms with Crippen molar-refractivity contribution in [2.75, 3.05) is 0 Å². The molecule has 1 aromatic heterocycles. The Bertz CT molecular complexity index is 602. The molecule has 0 amide bonds. The van der Waals surface area contributed by atoms with E-state index in [1.165, 1.54) is 42.0 Å². The normalized spacial score (nSPS) is 12.6. The fraction of sp³-hybridized carbons (Fsp3) is 0.571. The molecule has 2 nitrogen and oxygen atoms in total. The smallest absolute Gasteiger partial charge is 0.0887 e. The van der Waals surface area contributed by atoms with Gasteiger partial charge in [-0.1, -0.05) is 96.0 Å². The standard InChI is InChI=1S/C21H36N2Si2/c1-7-24(8-2,9-3)19-15-13-16-20(25(10-4,11-5)12-6)21(19)23-18-14-17-22-23/h13-18H,7-12H2,1-6H3. The van der Waals surface area contributed by atoms with Gasteiger partial charge in [0.05, 0.1) is 21.8 Å². The predicted octanol–water partition coefficient (Wildman–Crippen LogP) is 5.30. The van der Waals surface area contributed by atoms with Crippen LogP contribution in [0.15, 0.2) is 36.7 Å². The van der Waals surface area contributed by atoms with E-state index in [4.69, 9.17) is 5.10 Å². The molecular weight excluding hydrogens is 336 g/mol. The summed E-state index contributed by atoms with van der Waals surface area (Å²) in [6, 6.07) is 17.2. The molecule has 0 fully saturated rings. The van der Waals surface area contributed by atoms with Crippen LogP contribution in [0.1, 0.15) is 41.5 Å². The number of para-hydroxylation sites is 1. The second-order valence-electron chi connectivity index (χ2n) is 7.33. The van der Waals surface area contributed by atoms with Gasteiger partial charge in [0.2, 0.25) is 0 Å². The largest absolute Gasteiger partial charge is 0.241 e.